The molecule has 0 bridgehead atoms. The number of furan rings is 2. The van der Waals surface area contributed by atoms with Gasteiger partial charge in [0.25, 0.3) is 0 Å². The highest BCUT2D eigenvalue weighted by Gasteiger charge is 2.34. The second-order valence-electron chi connectivity index (χ2n) is 7.39. The molecule has 24 heavy (non-hydrogen) atoms. The number of ether oxygens (including phenoxy) is 1. The monoisotopic (exact) mass is 331 g/mol. The maximum Gasteiger partial charge on any atom is 0.341 e. The van der Waals surface area contributed by atoms with Gasteiger partial charge in [0.2, 0.25) is 0 Å². The topological polar surface area (TPSA) is 64.6 Å². The molecule has 5 nitrogen and oxygen atoms in total. The number of fused-ring (bicyclic) bond motifs is 1. The highest BCUT2D eigenvalue weighted by atomic mass is 16.5. The van der Waals surface area contributed by atoms with E-state index in [1.54, 1.807) is 13.0 Å². The highest BCUT2D eigenvalue weighted by molar-refractivity contribution is 5.90. The van der Waals surface area contributed by atoms with Crippen molar-refractivity contribution in [2.45, 2.75) is 53.1 Å². The summed E-state index contributed by atoms with van der Waals surface area (Å²) in [7, 11) is 1.37. The summed E-state index contributed by atoms with van der Waals surface area (Å²) in [5, 5.41) is 3.55. The van der Waals surface area contributed by atoms with E-state index in [0.717, 1.165) is 30.1 Å². The molecule has 0 fully saturated rings. The van der Waals surface area contributed by atoms with E-state index in [4.69, 9.17) is 13.6 Å². The average molecular weight is 331 g/mol. The summed E-state index contributed by atoms with van der Waals surface area (Å²) in [5.74, 6) is 2.98. The Morgan fingerprint density at radius 1 is 1.33 bits per heavy atom. The standard InChI is InChI=1S/C19H25NO4/c1-11-6-15-16(8-19(3,4)9-17(15)23-11)20-10-13-7-14(12(2)24-13)18(21)22-5/h6-7,16,20H,8-10H2,1-5H3. The third kappa shape index (κ3) is 3.26. The van der Waals surface area contributed by atoms with E-state index in [1.165, 1.54) is 12.7 Å². The summed E-state index contributed by atoms with van der Waals surface area (Å²) in [6, 6.07) is 4.09. The van der Waals surface area contributed by atoms with E-state index in [0.29, 0.717) is 17.9 Å². The van der Waals surface area contributed by atoms with Gasteiger partial charge >= 0.3 is 5.97 Å². The molecule has 5 heteroatoms. The predicted molar refractivity (Wildman–Crippen MR) is 89.9 cm³/mol. The summed E-state index contributed by atoms with van der Waals surface area (Å²) < 4.78 is 16.3. The first-order valence-electron chi connectivity index (χ1n) is 8.29. The van der Waals surface area contributed by atoms with Crippen LogP contribution < -0.4 is 5.32 Å². The van der Waals surface area contributed by atoms with Gasteiger partial charge in [0.1, 0.15) is 28.6 Å². The Hall–Kier alpha value is -2.01. The largest absolute Gasteiger partial charge is 0.466 e. The molecule has 0 aromatic carbocycles. The maximum absolute atomic E-state index is 11.7. The van der Waals surface area contributed by atoms with Gasteiger partial charge in [-0.25, -0.2) is 4.79 Å². The summed E-state index contributed by atoms with van der Waals surface area (Å²) in [4.78, 5) is 11.7. The second kappa shape index (κ2) is 6.13. The van der Waals surface area contributed by atoms with Crippen molar-refractivity contribution in [2.24, 2.45) is 5.41 Å². The number of rotatable bonds is 4. The molecule has 0 amide bonds. The first-order valence-corrected chi connectivity index (χ1v) is 8.29. The van der Waals surface area contributed by atoms with Crippen molar-refractivity contribution >= 4 is 5.97 Å². The lowest BCUT2D eigenvalue weighted by Gasteiger charge is -2.34. The van der Waals surface area contributed by atoms with Crippen LogP contribution in [0.15, 0.2) is 21.0 Å². The molecular formula is C19H25NO4. The number of nitrogens with one attached hydrogen (secondary N) is 1. The highest BCUT2D eigenvalue weighted by Crippen LogP contribution is 2.42. The molecular weight excluding hydrogens is 306 g/mol. The van der Waals surface area contributed by atoms with Gasteiger partial charge in [-0.1, -0.05) is 13.8 Å². The van der Waals surface area contributed by atoms with Gasteiger partial charge < -0.3 is 18.9 Å². The zero-order chi connectivity index (χ0) is 17.5. The molecule has 0 spiro atoms. The van der Waals surface area contributed by atoms with Crippen molar-refractivity contribution in [1.29, 1.82) is 0 Å². The fraction of sp³-hybridized carbons (Fsp3) is 0.526. The Kier molecular flexibility index (Phi) is 4.30. The normalized spacial score (nSPS) is 19.1. The molecule has 0 aliphatic heterocycles. The molecule has 1 aliphatic carbocycles. The Bertz CT molecular complexity index is 754. The minimum Gasteiger partial charge on any atom is -0.466 e. The third-order valence-corrected chi connectivity index (χ3v) is 4.63. The third-order valence-electron chi connectivity index (χ3n) is 4.63. The SMILES string of the molecule is COC(=O)c1cc(CNC2CC(C)(C)Cc3oc(C)cc32)oc1C. The van der Waals surface area contributed by atoms with Crippen LogP contribution in [-0.4, -0.2) is 13.1 Å². The molecule has 130 valence electrons. The molecule has 0 radical (unpaired) electrons. The van der Waals surface area contributed by atoms with E-state index in [1.807, 2.05) is 6.92 Å². The Labute approximate surface area is 142 Å². The fourth-order valence-corrected chi connectivity index (χ4v) is 3.53. The molecule has 0 saturated heterocycles. The van der Waals surface area contributed by atoms with Crippen LogP contribution in [-0.2, 0) is 17.7 Å². The van der Waals surface area contributed by atoms with Crippen molar-refractivity contribution in [1.82, 2.24) is 5.32 Å². The zero-order valence-corrected chi connectivity index (χ0v) is 15.0. The van der Waals surface area contributed by atoms with Gasteiger partial charge in [-0.05, 0) is 37.8 Å². The average Bonchev–Trinajstić information content (AvgIpc) is 3.05. The van der Waals surface area contributed by atoms with Crippen LogP contribution in [0.5, 0.6) is 0 Å². The quantitative estimate of drug-likeness (QED) is 0.855. The Morgan fingerprint density at radius 3 is 2.79 bits per heavy atom. The van der Waals surface area contributed by atoms with Crippen molar-refractivity contribution in [3.8, 4) is 0 Å². The van der Waals surface area contributed by atoms with Gasteiger partial charge in [0.15, 0.2) is 0 Å². The molecule has 2 aromatic heterocycles. The van der Waals surface area contributed by atoms with Crippen LogP contribution >= 0.6 is 0 Å². The molecule has 1 atom stereocenters. The van der Waals surface area contributed by atoms with Gasteiger partial charge in [-0.3, -0.25) is 0 Å². The van der Waals surface area contributed by atoms with E-state index >= 15 is 0 Å². The minimum atomic E-state index is -0.367. The van der Waals surface area contributed by atoms with Crippen molar-refractivity contribution in [2.75, 3.05) is 7.11 Å². The zero-order valence-electron chi connectivity index (χ0n) is 15.0. The lowest BCUT2D eigenvalue weighted by atomic mass is 9.74. The maximum atomic E-state index is 11.7. The summed E-state index contributed by atoms with van der Waals surface area (Å²) >= 11 is 0. The van der Waals surface area contributed by atoms with Crippen LogP contribution in [0, 0.1) is 19.3 Å². The van der Waals surface area contributed by atoms with Gasteiger partial charge in [-0.15, -0.1) is 0 Å². The molecule has 0 saturated carbocycles. The van der Waals surface area contributed by atoms with Gasteiger partial charge in [0, 0.05) is 18.0 Å². The minimum absolute atomic E-state index is 0.186. The van der Waals surface area contributed by atoms with Crippen LogP contribution in [0.2, 0.25) is 0 Å². The van der Waals surface area contributed by atoms with Crippen molar-refractivity contribution in [3.63, 3.8) is 0 Å². The molecule has 2 heterocycles. The number of carbonyl (C=O) groups is 1. The molecule has 3 rings (SSSR count). The van der Waals surface area contributed by atoms with Crippen molar-refractivity contribution < 1.29 is 18.4 Å². The molecule has 1 aliphatic rings. The fourth-order valence-electron chi connectivity index (χ4n) is 3.53. The number of hydrogen-bond donors (Lipinski definition) is 1. The molecule has 2 aromatic rings. The summed E-state index contributed by atoms with van der Waals surface area (Å²) in [6.45, 7) is 8.84. The summed E-state index contributed by atoms with van der Waals surface area (Å²) in [6.07, 6.45) is 1.99. The Morgan fingerprint density at radius 2 is 2.08 bits per heavy atom. The lowest BCUT2D eigenvalue weighted by Crippen LogP contribution is -2.32. The molecule has 1 N–H and O–H groups in total. The van der Waals surface area contributed by atoms with E-state index < -0.39 is 0 Å². The first-order chi connectivity index (χ1) is 11.3. The molecule has 1 unspecified atom stereocenters. The summed E-state index contributed by atoms with van der Waals surface area (Å²) in [5.41, 5.74) is 1.91. The predicted octanol–water partition coefficient (Wildman–Crippen LogP) is 4.08. The van der Waals surface area contributed by atoms with E-state index in [-0.39, 0.29) is 17.4 Å². The van der Waals surface area contributed by atoms with Crippen LogP contribution in [0.3, 0.4) is 0 Å². The van der Waals surface area contributed by atoms with Gasteiger partial charge in [0.05, 0.1) is 13.7 Å². The van der Waals surface area contributed by atoms with E-state index in [9.17, 15) is 4.79 Å². The lowest BCUT2D eigenvalue weighted by molar-refractivity contribution is 0.0599. The number of hydrogen-bond acceptors (Lipinski definition) is 5. The number of esters is 1. The van der Waals surface area contributed by atoms with Gasteiger partial charge in [-0.2, -0.15) is 0 Å². The first kappa shape index (κ1) is 16.8. The van der Waals surface area contributed by atoms with Crippen LogP contribution in [0.25, 0.3) is 0 Å². The number of aryl methyl sites for hydroxylation is 2. The number of carbonyl (C=O) groups excluding carboxylic acids is 1. The van der Waals surface area contributed by atoms with Crippen LogP contribution in [0.4, 0.5) is 0 Å². The Balaban J connectivity index is 1.76. The van der Waals surface area contributed by atoms with Crippen molar-refractivity contribution in [3.05, 3.63) is 46.3 Å². The van der Waals surface area contributed by atoms with Crippen LogP contribution in [0.1, 0.15) is 65.3 Å². The smallest absolute Gasteiger partial charge is 0.341 e. The van der Waals surface area contributed by atoms with E-state index in [2.05, 4.69) is 25.2 Å². The second-order valence-corrected chi connectivity index (χ2v) is 7.39. The number of methoxy groups -OCH3 is 1.